The van der Waals surface area contributed by atoms with Crippen LogP contribution in [0.2, 0.25) is 5.02 Å². The van der Waals surface area contributed by atoms with Gasteiger partial charge in [0.15, 0.2) is 5.82 Å². The van der Waals surface area contributed by atoms with Crippen LogP contribution >= 0.6 is 11.6 Å². The third-order valence-electron chi connectivity index (χ3n) is 4.23. The molecule has 31 heavy (non-hydrogen) atoms. The fraction of sp³-hybridized carbons (Fsp3) is 0.190. The molecule has 1 heterocycles. The van der Waals surface area contributed by atoms with Crippen LogP contribution in [0.3, 0.4) is 0 Å². The molecule has 10 heteroatoms. The summed E-state index contributed by atoms with van der Waals surface area (Å²) in [6, 6.07) is 9.07. The molecule has 1 atom stereocenters. The van der Waals surface area contributed by atoms with Crippen molar-refractivity contribution in [2.24, 2.45) is 0 Å². The highest BCUT2D eigenvalue weighted by molar-refractivity contribution is 6.30. The average molecular weight is 454 g/mol. The highest BCUT2D eigenvalue weighted by atomic mass is 35.5. The maximum atomic E-state index is 13.9. The SMILES string of the molecule is C[C@@H](CO)NC(=O)c1cc(-c2ccc(Cl)cc2)nc(-c2cc(F)cc(C(F)(F)F)c2)n1. The van der Waals surface area contributed by atoms with Crippen LogP contribution < -0.4 is 5.32 Å². The van der Waals surface area contributed by atoms with Crippen LogP contribution in [0.5, 0.6) is 0 Å². The van der Waals surface area contributed by atoms with E-state index in [9.17, 15) is 22.4 Å². The Bertz CT molecular complexity index is 1100. The minimum Gasteiger partial charge on any atom is -0.394 e. The van der Waals surface area contributed by atoms with E-state index in [1.54, 1.807) is 31.2 Å². The molecule has 0 bridgehead atoms. The van der Waals surface area contributed by atoms with Crippen LogP contribution in [0.4, 0.5) is 17.6 Å². The Kier molecular flexibility index (Phi) is 6.56. The number of hydrogen-bond donors (Lipinski definition) is 2. The van der Waals surface area contributed by atoms with E-state index in [1.807, 2.05) is 0 Å². The molecule has 2 aromatic carbocycles. The first-order valence-electron chi connectivity index (χ1n) is 9.01. The predicted molar refractivity (Wildman–Crippen MR) is 107 cm³/mol. The lowest BCUT2D eigenvalue weighted by Crippen LogP contribution is -2.35. The largest absolute Gasteiger partial charge is 0.416 e. The number of aromatic nitrogens is 2. The monoisotopic (exact) mass is 453 g/mol. The molecular formula is C21H16ClF4N3O2. The number of hydrogen-bond acceptors (Lipinski definition) is 4. The van der Waals surface area contributed by atoms with E-state index in [-0.39, 0.29) is 29.4 Å². The van der Waals surface area contributed by atoms with Crippen LogP contribution in [0, 0.1) is 5.82 Å². The van der Waals surface area contributed by atoms with Crippen molar-refractivity contribution in [3.63, 3.8) is 0 Å². The van der Waals surface area contributed by atoms with Crippen molar-refractivity contribution >= 4 is 17.5 Å². The standard InChI is InChI=1S/C21H16ClF4N3O2/c1-11(10-30)27-20(31)18-9-17(12-2-4-15(22)5-3-12)28-19(29-18)13-6-14(21(24,25)26)8-16(23)7-13/h2-9,11,30H,10H2,1H3,(H,27,31)/t11-/m0/s1. The van der Waals surface area contributed by atoms with Crippen molar-refractivity contribution in [3.8, 4) is 22.6 Å². The Labute approximate surface area is 179 Å². The quantitative estimate of drug-likeness (QED) is 0.547. The molecule has 0 aliphatic carbocycles. The Morgan fingerprint density at radius 1 is 1.10 bits per heavy atom. The second kappa shape index (κ2) is 8.99. The van der Waals surface area contributed by atoms with Gasteiger partial charge in [0.05, 0.1) is 17.9 Å². The maximum Gasteiger partial charge on any atom is 0.416 e. The van der Waals surface area contributed by atoms with Crippen LogP contribution in [0.1, 0.15) is 23.0 Å². The predicted octanol–water partition coefficient (Wildman–Crippen LogP) is 4.73. The number of amides is 1. The Hall–Kier alpha value is -3.04. The number of nitrogens with zero attached hydrogens (tertiary/aromatic N) is 2. The van der Waals surface area contributed by atoms with Gasteiger partial charge in [-0.3, -0.25) is 4.79 Å². The number of carbonyl (C=O) groups is 1. The second-order valence-electron chi connectivity index (χ2n) is 6.75. The molecule has 0 unspecified atom stereocenters. The molecule has 0 aliphatic rings. The lowest BCUT2D eigenvalue weighted by Gasteiger charge is -2.13. The number of aliphatic hydroxyl groups is 1. The van der Waals surface area contributed by atoms with Gasteiger partial charge in [-0.15, -0.1) is 0 Å². The fourth-order valence-corrected chi connectivity index (χ4v) is 2.81. The maximum absolute atomic E-state index is 13.9. The van der Waals surface area contributed by atoms with Gasteiger partial charge in [0, 0.05) is 22.2 Å². The average Bonchev–Trinajstić information content (AvgIpc) is 2.72. The summed E-state index contributed by atoms with van der Waals surface area (Å²) in [4.78, 5) is 20.8. The Morgan fingerprint density at radius 3 is 2.39 bits per heavy atom. The van der Waals surface area contributed by atoms with Crippen LogP contribution in [0.15, 0.2) is 48.5 Å². The molecule has 0 aliphatic heterocycles. The molecule has 0 spiro atoms. The van der Waals surface area contributed by atoms with Gasteiger partial charge in [-0.2, -0.15) is 13.2 Å². The minimum absolute atomic E-state index is 0.159. The number of carbonyl (C=O) groups excluding carboxylic acids is 1. The van der Waals surface area contributed by atoms with Crippen molar-refractivity contribution in [2.45, 2.75) is 19.1 Å². The van der Waals surface area contributed by atoms with Crippen molar-refractivity contribution in [1.82, 2.24) is 15.3 Å². The third-order valence-corrected chi connectivity index (χ3v) is 4.49. The third kappa shape index (κ3) is 5.56. The lowest BCUT2D eigenvalue weighted by atomic mass is 10.1. The molecule has 1 amide bonds. The first-order chi connectivity index (χ1) is 14.6. The van der Waals surface area contributed by atoms with E-state index in [0.717, 1.165) is 6.07 Å². The summed E-state index contributed by atoms with van der Waals surface area (Å²) in [5, 5.41) is 12.1. The molecule has 0 radical (unpaired) electrons. The summed E-state index contributed by atoms with van der Waals surface area (Å²) in [6.07, 6.45) is -4.78. The van der Waals surface area contributed by atoms with Crippen LogP contribution in [0.25, 0.3) is 22.6 Å². The van der Waals surface area contributed by atoms with Gasteiger partial charge >= 0.3 is 6.18 Å². The molecule has 0 fully saturated rings. The summed E-state index contributed by atoms with van der Waals surface area (Å²) in [7, 11) is 0. The second-order valence-corrected chi connectivity index (χ2v) is 7.19. The molecule has 2 N–H and O–H groups in total. The normalized spacial score (nSPS) is 12.5. The fourth-order valence-electron chi connectivity index (χ4n) is 2.69. The van der Waals surface area contributed by atoms with Gasteiger partial charge in [-0.1, -0.05) is 23.7 Å². The Balaban J connectivity index is 2.16. The highest BCUT2D eigenvalue weighted by Crippen LogP contribution is 2.33. The summed E-state index contributed by atoms with van der Waals surface area (Å²) < 4.78 is 53.3. The first kappa shape index (κ1) is 22.6. The number of halogens is 5. The number of nitrogens with one attached hydrogen (secondary N) is 1. The van der Waals surface area contributed by atoms with E-state index in [1.165, 1.54) is 6.07 Å². The molecule has 3 rings (SSSR count). The minimum atomic E-state index is -4.78. The summed E-state index contributed by atoms with van der Waals surface area (Å²) >= 11 is 5.89. The Morgan fingerprint density at radius 2 is 1.77 bits per heavy atom. The van der Waals surface area contributed by atoms with Crippen LogP contribution in [-0.4, -0.2) is 33.6 Å². The van der Waals surface area contributed by atoms with Crippen LogP contribution in [-0.2, 0) is 6.18 Å². The van der Waals surface area contributed by atoms with Crippen molar-refractivity contribution in [1.29, 1.82) is 0 Å². The van der Waals surface area contributed by atoms with E-state index < -0.39 is 29.5 Å². The van der Waals surface area contributed by atoms with Crippen molar-refractivity contribution in [2.75, 3.05) is 6.61 Å². The lowest BCUT2D eigenvalue weighted by molar-refractivity contribution is -0.137. The number of aliphatic hydroxyl groups excluding tert-OH is 1. The molecule has 3 aromatic rings. The summed E-state index contributed by atoms with van der Waals surface area (Å²) in [5.41, 5.74) is -0.866. The van der Waals surface area contributed by atoms with Crippen molar-refractivity contribution in [3.05, 3.63) is 70.6 Å². The van der Waals surface area contributed by atoms with Gasteiger partial charge in [0.1, 0.15) is 11.5 Å². The zero-order valence-corrected chi connectivity index (χ0v) is 16.8. The molecule has 162 valence electrons. The van der Waals surface area contributed by atoms with Gasteiger partial charge < -0.3 is 10.4 Å². The zero-order valence-electron chi connectivity index (χ0n) is 16.0. The topological polar surface area (TPSA) is 75.1 Å². The molecule has 0 saturated heterocycles. The van der Waals surface area contributed by atoms with E-state index >= 15 is 0 Å². The number of alkyl halides is 3. The molecule has 0 saturated carbocycles. The van der Waals surface area contributed by atoms with Crippen molar-refractivity contribution < 1.29 is 27.5 Å². The number of benzene rings is 2. The van der Waals surface area contributed by atoms with Gasteiger partial charge in [-0.05, 0) is 43.3 Å². The summed E-state index contributed by atoms with van der Waals surface area (Å²) in [6.45, 7) is 1.23. The molecule has 1 aromatic heterocycles. The van der Waals surface area contributed by atoms with E-state index in [2.05, 4.69) is 15.3 Å². The van der Waals surface area contributed by atoms with Gasteiger partial charge in [-0.25, -0.2) is 14.4 Å². The van der Waals surface area contributed by atoms with Gasteiger partial charge in [0.2, 0.25) is 0 Å². The van der Waals surface area contributed by atoms with Gasteiger partial charge in [0.25, 0.3) is 5.91 Å². The molecule has 5 nitrogen and oxygen atoms in total. The first-order valence-corrected chi connectivity index (χ1v) is 9.39. The summed E-state index contributed by atoms with van der Waals surface area (Å²) in [5.74, 6) is -2.06. The smallest absolute Gasteiger partial charge is 0.394 e. The number of rotatable bonds is 5. The molecular weight excluding hydrogens is 438 g/mol. The van der Waals surface area contributed by atoms with E-state index in [0.29, 0.717) is 22.7 Å². The van der Waals surface area contributed by atoms with E-state index in [4.69, 9.17) is 16.7 Å². The zero-order chi connectivity index (χ0) is 22.8. The highest BCUT2D eigenvalue weighted by Gasteiger charge is 2.32.